The SMILES string of the molecule is CCCC(Nc1nnc(C)c(-c2cc(C)c(OC)c(OC)c2)n1)c1ccccc1. The molecule has 1 N–H and O–H groups in total. The molecule has 0 spiro atoms. The predicted octanol–water partition coefficient (Wildman–Crippen LogP) is 5.13. The molecule has 6 heteroatoms. The van der Waals surface area contributed by atoms with E-state index in [4.69, 9.17) is 14.5 Å². The van der Waals surface area contributed by atoms with Crippen LogP contribution in [0.3, 0.4) is 0 Å². The van der Waals surface area contributed by atoms with Crippen molar-refractivity contribution in [3.63, 3.8) is 0 Å². The zero-order valence-electron chi connectivity index (χ0n) is 17.7. The van der Waals surface area contributed by atoms with Crippen molar-refractivity contribution in [2.45, 2.75) is 39.7 Å². The highest BCUT2D eigenvalue weighted by Crippen LogP contribution is 2.36. The van der Waals surface area contributed by atoms with Crippen LogP contribution in [0, 0.1) is 13.8 Å². The first-order valence-corrected chi connectivity index (χ1v) is 9.83. The zero-order chi connectivity index (χ0) is 20.8. The molecule has 0 bridgehead atoms. The third-order valence-corrected chi connectivity index (χ3v) is 4.88. The predicted molar refractivity (Wildman–Crippen MR) is 116 cm³/mol. The van der Waals surface area contributed by atoms with Gasteiger partial charge in [0.2, 0.25) is 5.95 Å². The minimum Gasteiger partial charge on any atom is -0.493 e. The quantitative estimate of drug-likeness (QED) is 0.573. The third kappa shape index (κ3) is 4.65. The fraction of sp³-hybridized carbons (Fsp3) is 0.348. The molecule has 0 amide bonds. The summed E-state index contributed by atoms with van der Waals surface area (Å²) in [5.41, 5.74) is 4.63. The normalized spacial score (nSPS) is 11.8. The Bertz CT molecular complexity index is 961. The summed E-state index contributed by atoms with van der Waals surface area (Å²) in [4.78, 5) is 4.78. The Morgan fingerprint density at radius 1 is 1.00 bits per heavy atom. The standard InChI is InChI=1S/C23H28N4O2/c1-6-10-19(17-11-8-7-9-12-17)24-23-25-21(16(3)26-27-23)18-13-15(2)22(29-5)20(14-18)28-4/h7-9,11-14,19H,6,10H2,1-5H3,(H,24,25,27). The molecule has 0 saturated carbocycles. The Labute approximate surface area is 172 Å². The molecule has 0 aliphatic heterocycles. The van der Waals surface area contributed by atoms with E-state index in [2.05, 4.69) is 34.6 Å². The molecule has 1 unspecified atom stereocenters. The van der Waals surface area contributed by atoms with Crippen molar-refractivity contribution in [2.75, 3.05) is 19.5 Å². The summed E-state index contributed by atoms with van der Waals surface area (Å²) in [5, 5.41) is 12.1. The maximum atomic E-state index is 5.50. The van der Waals surface area contributed by atoms with Crippen molar-refractivity contribution in [3.05, 3.63) is 59.3 Å². The molecule has 3 aromatic rings. The lowest BCUT2D eigenvalue weighted by atomic mass is 10.0. The molecule has 152 valence electrons. The fourth-order valence-electron chi connectivity index (χ4n) is 3.46. The molecular formula is C23H28N4O2. The van der Waals surface area contributed by atoms with Gasteiger partial charge in [0.15, 0.2) is 11.5 Å². The average Bonchev–Trinajstić information content (AvgIpc) is 2.74. The number of benzene rings is 2. The van der Waals surface area contributed by atoms with Gasteiger partial charge >= 0.3 is 0 Å². The van der Waals surface area contributed by atoms with E-state index in [1.807, 2.05) is 44.2 Å². The first-order chi connectivity index (χ1) is 14.1. The topological polar surface area (TPSA) is 69.2 Å². The van der Waals surface area contributed by atoms with Crippen LogP contribution in [-0.2, 0) is 0 Å². The third-order valence-electron chi connectivity index (χ3n) is 4.88. The smallest absolute Gasteiger partial charge is 0.243 e. The summed E-state index contributed by atoms with van der Waals surface area (Å²) in [5.74, 6) is 1.91. The molecule has 0 fully saturated rings. The van der Waals surface area contributed by atoms with Gasteiger partial charge in [-0.3, -0.25) is 0 Å². The van der Waals surface area contributed by atoms with Crippen LogP contribution in [0.1, 0.15) is 42.6 Å². The van der Waals surface area contributed by atoms with E-state index in [0.29, 0.717) is 11.7 Å². The largest absolute Gasteiger partial charge is 0.493 e. The van der Waals surface area contributed by atoms with Gasteiger partial charge in [-0.05, 0) is 43.5 Å². The molecule has 6 nitrogen and oxygen atoms in total. The van der Waals surface area contributed by atoms with Gasteiger partial charge in [-0.2, -0.15) is 0 Å². The van der Waals surface area contributed by atoms with Crippen LogP contribution in [-0.4, -0.2) is 29.4 Å². The maximum absolute atomic E-state index is 5.50. The number of aryl methyl sites for hydroxylation is 2. The highest BCUT2D eigenvalue weighted by atomic mass is 16.5. The monoisotopic (exact) mass is 392 g/mol. The summed E-state index contributed by atoms with van der Waals surface area (Å²) in [7, 11) is 3.27. The molecule has 0 aliphatic rings. The van der Waals surface area contributed by atoms with E-state index < -0.39 is 0 Å². The van der Waals surface area contributed by atoms with Crippen LogP contribution >= 0.6 is 0 Å². The van der Waals surface area contributed by atoms with E-state index in [9.17, 15) is 0 Å². The molecule has 1 aromatic heterocycles. The second-order valence-corrected chi connectivity index (χ2v) is 6.99. The molecule has 0 radical (unpaired) electrons. The van der Waals surface area contributed by atoms with E-state index >= 15 is 0 Å². The highest BCUT2D eigenvalue weighted by Gasteiger charge is 2.17. The number of nitrogens with one attached hydrogen (secondary N) is 1. The van der Waals surface area contributed by atoms with Crippen molar-refractivity contribution in [2.24, 2.45) is 0 Å². The van der Waals surface area contributed by atoms with Crippen LogP contribution in [0.5, 0.6) is 11.5 Å². The zero-order valence-corrected chi connectivity index (χ0v) is 17.7. The van der Waals surface area contributed by atoms with Gasteiger partial charge in [0.05, 0.1) is 31.6 Å². The molecule has 3 rings (SSSR count). The maximum Gasteiger partial charge on any atom is 0.243 e. The summed E-state index contributed by atoms with van der Waals surface area (Å²) in [6, 6.07) is 14.4. The van der Waals surface area contributed by atoms with Gasteiger partial charge in [0, 0.05) is 5.56 Å². The van der Waals surface area contributed by atoms with E-state index in [1.54, 1.807) is 14.2 Å². The second-order valence-electron chi connectivity index (χ2n) is 6.99. The van der Waals surface area contributed by atoms with Crippen LogP contribution < -0.4 is 14.8 Å². The van der Waals surface area contributed by atoms with Gasteiger partial charge in [-0.1, -0.05) is 43.7 Å². The first kappa shape index (κ1) is 20.6. The fourth-order valence-corrected chi connectivity index (χ4v) is 3.46. The number of hydrogen-bond donors (Lipinski definition) is 1. The highest BCUT2D eigenvalue weighted by molar-refractivity contribution is 5.68. The summed E-state index contributed by atoms with van der Waals surface area (Å²) < 4.78 is 11.0. The second kappa shape index (κ2) is 9.37. The van der Waals surface area contributed by atoms with Crippen molar-refractivity contribution >= 4 is 5.95 Å². The molecule has 1 heterocycles. The lowest BCUT2D eigenvalue weighted by Gasteiger charge is -2.19. The molecule has 2 aromatic carbocycles. The number of methoxy groups -OCH3 is 2. The number of ether oxygens (including phenoxy) is 2. The van der Waals surface area contributed by atoms with Gasteiger partial charge < -0.3 is 14.8 Å². The van der Waals surface area contributed by atoms with Crippen LogP contribution in [0.2, 0.25) is 0 Å². The number of hydrogen-bond acceptors (Lipinski definition) is 6. The van der Waals surface area contributed by atoms with Crippen LogP contribution in [0.4, 0.5) is 5.95 Å². The van der Waals surface area contributed by atoms with Crippen LogP contribution in [0.15, 0.2) is 42.5 Å². The Hall–Kier alpha value is -3.15. The average molecular weight is 393 g/mol. The van der Waals surface area contributed by atoms with Gasteiger partial charge in [-0.25, -0.2) is 4.98 Å². The Morgan fingerprint density at radius 3 is 2.41 bits per heavy atom. The van der Waals surface area contributed by atoms with Gasteiger partial charge in [-0.15, -0.1) is 10.2 Å². The van der Waals surface area contributed by atoms with E-state index in [1.165, 1.54) is 5.56 Å². The lowest BCUT2D eigenvalue weighted by Crippen LogP contribution is -2.14. The summed E-state index contributed by atoms with van der Waals surface area (Å²) in [6.45, 7) is 6.07. The minimum absolute atomic E-state index is 0.130. The number of anilines is 1. The molecule has 1 atom stereocenters. The first-order valence-electron chi connectivity index (χ1n) is 9.83. The Balaban J connectivity index is 1.97. The molecule has 0 aliphatic carbocycles. The van der Waals surface area contributed by atoms with E-state index in [-0.39, 0.29) is 6.04 Å². The Kier molecular flexibility index (Phi) is 6.65. The molecular weight excluding hydrogens is 364 g/mol. The van der Waals surface area contributed by atoms with Crippen molar-refractivity contribution in [1.82, 2.24) is 15.2 Å². The molecule has 0 saturated heterocycles. The molecule has 29 heavy (non-hydrogen) atoms. The summed E-state index contributed by atoms with van der Waals surface area (Å²) >= 11 is 0. The number of aromatic nitrogens is 3. The summed E-state index contributed by atoms with van der Waals surface area (Å²) in [6.07, 6.45) is 2.03. The van der Waals surface area contributed by atoms with Crippen molar-refractivity contribution in [3.8, 4) is 22.8 Å². The minimum atomic E-state index is 0.130. The van der Waals surface area contributed by atoms with Crippen LogP contribution in [0.25, 0.3) is 11.3 Å². The van der Waals surface area contributed by atoms with Gasteiger partial charge in [0.1, 0.15) is 0 Å². The van der Waals surface area contributed by atoms with Gasteiger partial charge in [0.25, 0.3) is 0 Å². The van der Waals surface area contributed by atoms with Crippen molar-refractivity contribution in [1.29, 1.82) is 0 Å². The number of nitrogens with zero attached hydrogens (tertiary/aromatic N) is 3. The lowest BCUT2D eigenvalue weighted by molar-refractivity contribution is 0.353. The van der Waals surface area contributed by atoms with Crippen molar-refractivity contribution < 1.29 is 9.47 Å². The van der Waals surface area contributed by atoms with E-state index in [0.717, 1.165) is 41.1 Å². The number of rotatable bonds is 8. The Morgan fingerprint density at radius 2 is 1.76 bits per heavy atom.